The van der Waals surface area contributed by atoms with Crippen LogP contribution in [0.25, 0.3) is 11.1 Å². The normalized spacial score (nSPS) is 16.9. The number of aromatic carboxylic acids is 1. The second-order valence-corrected chi connectivity index (χ2v) is 11.7. The highest BCUT2D eigenvalue weighted by atomic mass is 16.5. The Labute approximate surface area is 272 Å². The molecule has 1 heterocycles. The van der Waals surface area contributed by atoms with E-state index >= 15 is 0 Å². The van der Waals surface area contributed by atoms with Gasteiger partial charge in [-0.15, -0.1) is 0 Å². The zero-order valence-corrected chi connectivity index (χ0v) is 26.1. The SMILES string of the molecule is CCCCC(Cc1ccc(-c2ccccc2C(=O)O)cc1)NC(=O)N1CC(NC(=O)C(Cc2ccccc2)C(=O)NO)CC1C(=O)O. The van der Waals surface area contributed by atoms with Crippen LogP contribution in [0.1, 0.15) is 54.1 Å². The molecule has 3 aromatic rings. The van der Waals surface area contributed by atoms with Gasteiger partial charge in [-0.25, -0.2) is 19.9 Å². The van der Waals surface area contributed by atoms with Crippen molar-refractivity contribution in [3.8, 4) is 11.1 Å². The molecule has 0 saturated carbocycles. The van der Waals surface area contributed by atoms with E-state index in [9.17, 15) is 39.4 Å². The number of nitrogens with zero attached hydrogens (tertiary/aromatic N) is 1. The summed E-state index contributed by atoms with van der Waals surface area (Å²) in [5, 5.41) is 34.4. The molecule has 1 saturated heterocycles. The number of carboxylic acid groups (broad SMARTS) is 2. The predicted octanol–water partition coefficient (Wildman–Crippen LogP) is 3.87. The summed E-state index contributed by atoms with van der Waals surface area (Å²) in [5.41, 5.74) is 4.69. The maximum Gasteiger partial charge on any atom is 0.336 e. The molecule has 3 aromatic carbocycles. The van der Waals surface area contributed by atoms with Crippen molar-refractivity contribution in [3.05, 3.63) is 95.6 Å². The minimum absolute atomic E-state index is 0.0184. The van der Waals surface area contributed by atoms with E-state index in [1.54, 1.807) is 54.6 Å². The summed E-state index contributed by atoms with van der Waals surface area (Å²) in [4.78, 5) is 64.0. The predicted molar refractivity (Wildman–Crippen MR) is 173 cm³/mol. The maximum absolute atomic E-state index is 13.5. The summed E-state index contributed by atoms with van der Waals surface area (Å²) >= 11 is 0. The molecule has 1 fully saturated rings. The largest absolute Gasteiger partial charge is 0.480 e. The molecule has 0 radical (unpaired) electrons. The number of hydroxylamine groups is 1. The average Bonchev–Trinajstić information content (AvgIpc) is 3.51. The minimum atomic E-state index is -1.27. The van der Waals surface area contributed by atoms with Crippen LogP contribution >= 0.6 is 0 Å². The maximum atomic E-state index is 13.5. The van der Waals surface area contributed by atoms with Crippen molar-refractivity contribution in [1.82, 2.24) is 21.0 Å². The zero-order chi connectivity index (χ0) is 33.9. The van der Waals surface area contributed by atoms with Gasteiger partial charge >= 0.3 is 18.0 Å². The van der Waals surface area contributed by atoms with Crippen molar-refractivity contribution >= 4 is 29.8 Å². The van der Waals surface area contributed by atoms with Crippen LogP contribution in [0, 0.1) is 5.92 Å². The summed E-state index contributed by atoms with van der Waals surface area (Å²) in [6.07, 6.45) is 2.80. The van der Waals surface area contributed by atoms with Gasteiger partial charge < -0.3 is 25.7 Å². The van der Waals surface area contributed by atoms with Crippen molar-refractivity contribution in [2.24, 2.45) is 5.92 Å². The summed E-state index contributed by atoms with van der Waals surface area (Å²) in [5.74, 6) is -5.08. The van der Waals surface area contributed by atoms with E-state index in [4.69, 9.17) is 0 Å². The molecule has 0 spiro atoms. The number of urea groups is 1. The van der Waals surface area contributed by atoms with Crippen molar-refractivity contribution in [3.63, 3.8) is 0 Å². The van der Waals surface area contributed by atoms with Crippen molar-refractivity contribution in [2.45, 2.75) is 63.6 Å². The van der Waals surface area contributed by atoms with Crippen LogP contribution in [-0.4, -0.2) is 74.8 Å². The molecule has 0 aliphatic carbocycles. The van der Waals surface area contributed by atoms with Gasteiger partial charge in [-0.2, -0.15) is 0 Å². The average molecular weight is 645 g/mol. The van der Waals surface area contributed by atoms with Gasteiger partial charge in [-0.05, 0) is 47.6 Å². The van der Waals surface area contributed by atoms with Gasteiger partial charge in [-0.3, -0.25) is 14.8 Å². The highest BCUT2D eigenvalue weighted by molar-refractivity contribution is 6.00. The summed E-state index contributed by atoms with van der Waals surface area (Å²) < 4.78 is 0. The Bertz CT molecular complexity index is 1560. The Hall–Kier alpha value is -5.23. The van der Waals surface area contributed by atoms with Crippen LogP contribution in [0.5, 0.6) is 0 Å². The number of likely N-dealkylation sites (tertiary alicyclic amines) is 1. The summed E-state index contributed by atoms with van der Waals surface area (Å²) in [6, 6.07) is 20.2. The number of amides is 4. The molecule has 12 heteroatoms. The van der Waals surface area contributed by atoms with Gasteiger partial charge in [0.1, 0.15) is 12.0 Å². The van der Waals surface area contributed by atoms with Gasteiger partial charge in [-0.1, -0.05) is 92.6 Å². The third-order valence-corrected chi connectivity index (χ3v) is 8.36. The molecule has 4 rings (SSSR count). The van der Waals surface area contributed by atoms with E-state index in [0.29, 0.717) is 24.0 Å². The molecule has 4 amide bonds. The first-order chi connectivity index (χ1) is 22.6. The van der Waals surface area contributed by atoms with Crippen molar-refractivity contribution in [2.75, 3.05) is 6.54 Å². The van der Waals surface area contributed by atoms with Crippen LogP contribution in [0.4, 0.5) is 4.79 Å². The number of hydrogen-bond acceptors (Lipinski definition) is 6. The number of benzene rings is 3. The Balaban J connectivity index is 1.43. The lowest BCUT2D eigenvalue weighted by Crippen LogP contribution is -2.50. The van der Waals surface area contributed by atoms with Gasteiger partial charge in [0, 0.05) is 25.0 Å². The summed E-state index contributed by atoms with van der Waals surface area (Å²) in [6.45, 7) is 1.95. The fourth-order valence-corrected chi connectivity index (χ4v) is 5.89. The third-order valence-electron chi connectivity index (χ3n) is 8.36. The first-order valence-electron chi connectivity index (χ1n) is 15.6. The zero-order valence-electron chi connectivity index (χ0n) is 26.1. The van der Waals surface area contributed by atoms with E-state index in [2.05, 4.69) is 10.6 Å². The number of carbonyl (C=O) groups is 5. The molecule has 12 nitrogen and oxygen atoms in total. The molecular formula is C35H40N4O8. The third kappa shape index (κ3) is 9.17. The molecule has 0 aromatic heterocycles. The Morgan fingerprint density at radius 2 is 1.51 bits per heavy atom. The van der Waals surface area contributed by atoms with E-state index in [1.165, 1.54) is 10.4 Å². The van der Waals surface area contributed by atoms with Gasteiger partial charge in [0.2, 0.25) is 5.91 Å². The van der Waals surface area contributed by atoms with E-state index < -0.39 is 47.8 Å². The van der Waals surface area contributed by atoms with E-state index in [0.717, 1.165) is 24.0 Å². The van der Waals surface area contributed by atoms with Crippen LogP contribution in [-0.2, 0) is 27.2 Å². The molecular weight excluding hydrogens is 604 g/mol. The Kier molecular flexibility index (Phi) is 12.1. The smallest absolute Gasteiger partial charge is 0.336 e. The number of rotatable bonds is 14. The van der Waals surface area contributed by atoms with Crippen LogP contribution in [0.3, 0.4) is 0 Å². The second kappa shape index (κ2) is 16.4. The standard InChI is InChI=1S/C35H40N4O8/c1-2-3-11-25(18-23-14-16-24(17-15-23)27-12-7-8-13-28(27)33(42)43)37-35(46)39-21-26(20-30(39)34(44)45)36-31(40)29(32(41)38-47)19-22-9-5-4-6-10-22/h4-10,12-17,25-26,29-30,47H,2-3,11,18-21H2,1H3,(H,36,40)(H,37,46)(H,38,41)(H,42,43)(H,44,45). The number of carboxylic acids is 2. The van der Waals surface area contributed by atoms with Crippen LogP contribution < -0.4 is 16.1 Å². The summed E-state index contributed by atoms with van der Waals surface area (Å²) in [7, 11) is 0. The fourth-order valence-electron chi connectivity index (χ4n) is 5.89. The van der Waals surface area contributed by atoms with Gasteiger partial charge in [0.25, 0.3) is 5.91 Å². The van der Waals surface area contributed by atoms with E-state index in [1.807, 2.05) is 31.2 Å². The minimum Gasteiger partial charge on any atom is -0.480 e. The molecule has 6 N–H and O–H groups in total. The van der Waals surface area contributed by atoms with Gasteiger partial charge in [0.05, 0.1) is 5.56 Å². The quantitative estimate of drug-likeness (QED) is 0.0867. The monoisotopic (exact) mass is 644 g/mol. The van der Waals surface area contributed by atoms with Crippen molar-refractivity contribution in [1.29, 1.82) is 0 Å². The van der Waals surface area contributed by atoms with Crippen LogP contribution in [0.15, 0.2) is 78.9 Å². The fraction of sp³-hybridized carbons (Fsp3) is 0.343. The number of carbonyl (C=O) groups excluding carboxylic acids is 3. The lowest BCUT2D eigenvalue weighted by Gasteiger charge is -2.26. The molecule has 47 heavy (non-hydrogen) atoms. The van der Waals surface area contributed by atoms with E-state index in [-0.39, 0.29) is 31.0 Å². The molecule has 248 valence electrons. The number of hydrogen-bond donors (Lipinski definition) is 6. The van der Waals surface area contributed by atoms with Crippen molar-refractivity contribution < 1.29 is 39.4 Å². The molecule has 1 aliphatic rings. The lowest BCUT2D eigenvalue weighted by atomic mass is 9.96. The topological polar surface area (TPSA) is 185 Å². The Morgan fingerprint density at radius 3 is 2.15 bits per heavy atom. The highest BCUT2D eigenvalue weighted by Crippen LogP contribution is 2.25. The first-order valence-corrected chi connectivity index (χ1v) is 15.6. The highest BCUT2D eigenvalue weighted by Gasteiger charge is 2.42. The number of unbranched alkanes of at least 4 members (excludes halogenated alkanes) is 1. The lowest BCUT2D eigenvalue weighted by molar-refractivity contribution is -0.142. The van der Waals surface area contributed by atoms with Crippen LogP contribution in [0.2, 0.25) is 0 Å². The molecule has 0 bridgehead atoms. The second-order valence-electron chi connectivity index (χ2n) is 11.7. The number of aliphatic carboxylic acids is 1. The molecule has 4 unspecified atom stereocenters. The Morgan fingerprint density at radius 1 is 0.851 bits per heavy atom. The molecule has 4 atom stereocenters. The number of nitrogens with one attached hydrogen (secondary N) is 3. The van der Waals surface area contributed by atoms with Gasteiger partial charge in [0.15, 0.2) is 0 Å². The molecule has 1 aliphatic heterocycles. The first kappa shape index (κ1) is 34.6.